The fourth-order valence-electron chi connectivity index (χ4n) is 1.68. The molecule has 2 aromatic rings. The summed E-state index contributed by atoms with van der Waals surface area (Å²) in [7, 11) is 4.06. The molecule has 0 atom stereocenters. The highest BCUT2D eigenvalue weighted by atomic mass is 16.5. The van der Waals surface area contributed by atoms with Gasteiger partial charge in [-0.25, -0.2) is 4.98 Å². The van der Waals surface area contributed by atoms with Crippen molar-refractivity contribution in [2.24, 2.45) is 0 Å². The molecule has 96 valence electrons. The van der Waals surface area contributed by atoms with Gasteiger partial charge in [-0.15, -0.1) is 0 Å². The summed E-state index contributed by atoms with van der Waals surface area (Å²) >= 11 is 0. The monoisotopic (exact) mass is 253 g/mol. The van der Waals surface area contributed by atoms with Crippen LogP contribution in [-0.4, -0.2) is 24.0 Å². The Morgan fingerprint density at radius 3 is 2.53 bits per heavy atom. The molecule has 0 aliphatic carbocycles. The number of aromatic nitrogens is 1. The minimum atomic E-state index is 0.349. The van der Waals surface area contributed by atoms with E-state index in [2.05, 4.69) is 9.88 Å². The summed E-state index contributed by atoms with van der Waals surface area (Å²) in [5.74, 6) is 1.14. The highest BCUT2D eigenvalue weighted by Crippen LogP contribution is 2.20. The summed E-state index contributed by atoms with van der Waals surface area (Å²) < 4.78 is 5.60. The molecule has 0 amide bonds. The van der Waals surface area contributed by atoms with E-state index in [1.54, 1.807) is 18.2 Å². The third-order valence-corrected chi connectivity index (χ3v) is 2.48. The van der Waals surface area contributed by atoms with Gasteiger partial charge in [0.05, 0.1) is 0 Å². The first-order valence-electron chi connectivity index (χ1n) is 5.96. The van der Waals surface area contributed by atoms with Crippen LogP contribution in [0.3, 0.4) is 0 Å². The molecule has 0 radical (unpaired) electrons. The van der Waals surface area contributed by atoms with Gasteiger partial charge in [-0.1, -0.05) is 18.2 Å². The largest absolute Gasteiger partial charge is 0.439 e. The predicted molar refractivity (Wildman–Crippen MR) is 72.9 cm³/mol. The molecular weight excluding hydrogens is 238 g/mol. The lowest BCUT2D eigenvalue weighted by Gasteiger charge is -2.10. The van der Waals surface area contributed by atoms with Crippen molar-refractivity contribution >= 4 is 0 Å². The normalized spacial score (nSPS) is 10.2. The topological polar surface area (TPSA) is 49.1 Å². The van der Waals surface area contributed by atoms with Gasteiger partial charge in [0.1, 0.15) is 17.5 Å². The molecule has 2 rings (SSSR count). The average molecular weight is 253 g/mol. The Labute approximate surface area is 112 Å². The van der Waals surface area contributed by atoms with Crippen molar-refractivity contribution in [2.45, 2.75) is 6.54 Å². The molecule has 1 aromatic carbocycles. The lowest BCUT2D eigenvalue weighted by atomic mass is 10.2. The van der Waals surface area contributed by atoms with E-state index in [0.29, 0.717) is 17.3 Å². The van der Waals surface area contributed by atoms with E-state index in [0.717, 1.165) is 6.54 Å². The molecule has 1 aromatic heterocycles. The molecule has 0 saturated carbocycles. The zero-order chi connectivity index (χ0) is 13.7. The van der Waals surface area contributed by atoms with Crippen LogP contribution in [0.15, 0.2) is 42.5 Å². The van der Waals surface area contributed by atoms with E-state index >= 15 is 0 Å². The maximum atomic E-state index is 8.78. The lowest BCUT2D eigenvalue weighted by molar-refractivity contribution is 0.402. The van der Waals surface area contributed by atoms with Crippen molar-refractivity contribution in [3.63, 3.8) is 0 Å². The Hall–Kier alpha value is -2.38. The molecule has 0 aliphatic heterocycles. The van der Waals surface area contributed by atoms with E-state index in [9.17, 15) is 0 Å². The Balaban J connectivity index is 2.09. The minimum Gasteiger partial charge on any atom is -0.439 e. The van der Waals surface area contributed by atoms with Crippen molar-refractivity contribution in [1.82, 2.24) is 9.88 Å². The first kappa shape index (κ1) is 13.1. The molecule has 0 spiro atoms. The molecule has 0 saturated heterocycles. The van der Waals surface area contributed by atoms with Crippen molar-refractivity contribution in [1.29, 1.82) is 5.26 Å². The van der Waals surface area contributed by atoms with Crippen LogP contribution in [0.5, 0.6) is 11.6 Å². The quantitative estimate of drug-likeness (QED) is 0.840. The fourth-order valence-corrected chi connectivity index (χ4v) is 1.68. The Morgan fingerprint density at radius 1 is 1.16 bits per heavy atom. The molecule has 0 aliphatic rings. The van der Waals surface area contributed by atoms with Crippen LogP contribution in [0.4, 0.5) is 0 Å². The van der Waals surface area contributed by atoms with Gasteiger partial charge in [-0.3, -0.25) is 0 Å². The Bertz CT molecular complexity index is 585. The number of pyridine rings is 1. The van der Waals surface area contributed by atoms with Crippen LogP contribution in [0.1, 0.15) is 11.3 Å². The van der Waals surface area contributed by atoms with Crippen LogP contribution in [-0.2, 0) is 6.54 Å². The summed E-state index contributed by atoms with van der Waals surface area (Å²) in [5.41, 5.74) is 1.57. The highest BCUT2D eigenvalue weighted by molar-refractivity contribution is 5.32. The van der Waals surface area contributed by atoms with Crippen LogP contribution in [0.25, 0.3) is 0 Å². The number of nitriles is 1. The molecule has 1 heterocycles. The number of rotatable bonds is 4. The van der Waals surface area contributed by atoms with Crippen molar-refractivity contribution < 1.29 is 4.74 Å². The number of hydrogen-bond donors (Lipinski definition) is 0. The Kier molecular flexibility index (Phi) is 4.11. The molecular formula is C15H15N3O. The van der Waals surface area contributed by atoms with Crippen molar-refractivity contribution in [3.05, 3.63) is 53.7 Å². The SMILES string of the molecule is CN(C)Cc1ccc(Oc2cccc(C#N)n2)cc1. The molecule has 4 nitrogen and oxygen atoms in total. The van der Waals surface area contributed by atoms with Crippen molar-refractivity contribution in [2.75, 3.05) is 14.1 Å². The molecule has 0 bridgehead atoms. The Morgan fingerprint density at radius 2 is 1.89 bits per heavy atom. The highest BCUT2D eigenvalue weighted by Gasteiger charge is 2.01. The van der Waals surface area contributed by atoms with Gasteiger partial charge >= 0.3 is 0 Å². The zero-order valence-corrected chi connectivity index (χ0v) is 11.0. The minimum absolute atomic E-state index is 0.349. The number of hydrogen-bond acceptors (Lipinski definition) is 4. The number of benzene rings is 1. The lowest BCUT2D eigenvalue weighted by Crippen LogP contribution is -2.10. The van der Waals surface area contributed by atoms with Gasteiger partial charge < -0.3 is 9.64 Å². The molecule has 0 fully saturated rings. The number of ether oxygens (including phenoxy) is 1. The predicted octanol–water partition coefficient (Wildman–Crippen LogP) is 2.81. The standard InChI is InChI=1S/C15H15N3O/c1-18(2)11-12-6-8-14(9-7-12)19-15-5-3-4-13(10-16)17-15/h3-9H,11H2,1-2H3. The summed E-state index contributed by atoms with van der Waals surface area (Å²) in [6, 6.07) is 15.0. The van der Waals surface area contributed by atoms with E-state index in [1.807, 2.05) is 44.4 Å². The van der Waals surface area contributed by atoms with E-state index in [1.165, 1.54) is 5.56 Å². The first-order valence-corrected chi connectivity index (χ1v) is 5.96. The van der Waals surface area contributed by atoms with Crippen molar-refractivity contribution in [3.8, 4) is 17.7 Å². The average Bonchev–Trinajstić information content (AvgIpc) is 2.41. The number of nitrogens with zero attached hydrogens (tertiary/aromatic N) is 3. The van der Waals surface area contributed by atoms with E-state index < -0.39 is 0 Å². The van der Waals surface area contributed by atoms with Crippen LogP contribution >= 0.6 is 0 Å². The van der Waals surface area contributed by atoms with Gasteiger partial charge in [-0.05, 0) is 37.9 Å². The summed E-state index contributed by atoms with van der Waals surface area (Å²) in [4.78, 5) is 6.17. The second-order valence-electron chi connectivity index (χ2n) is 4.46. The van der Waals surface area contributed by atoms with Crippen LogP contribution < -0.4 is 4.74 Å². The van der Waals surface area contributed by atoms with Gasteiger partial charge in [0.2, 0.25) is 5.88 Å². The summed E-state index contributed by atoms with van der Waals surface area (Å²) in [6.45, 7) is 0.891. The molecule has 0 N–H and O–H groups in total. The maximum Gasteiger partial charge on any atom is 0.220 e. The fraction of sp³-hybridized carbons (Fsp3) is 0.200. The van der Waals surface area contributed by atoms with Gasteiger partial charge in [0.15, 0.2) is 0 Å². The second-order valence-corrected chi connectivity index (χ2v) is 4.46. The maximum absolute atomic E-state index is 8.78. The van der Waals surface area contributed by atoms with E-state index in [-0.39, 0.29) is 0 Å². The summed E-state index contributed by atoms with van der Waals surface area (Å²) in [6.07, 6.45) is 0. The molecule has 4 heteroatoms. The zero-order valence-electron chi connectivity index (χ0n) is 11.0. The second kappa shape index (κ2) is 5.98. The molecule has 19 heavy (non-hydrogen) atoms. The smallest absolute Gasteiger partial charge is 0.220 e. The van der Waals surface area contributed by atoms with E-state index in [4.69, 9.17) is 10.00 Å². The third-order valence-electron chi connectivity index (χ3n) is 2.48. The first-order chi connectivity index (χ1) is 9.17. The third kappa shape index (κ3) is 3.80. The van der Waals surface area contributed by atoms with Crippen LogP contribution in [0.2, 0.25) is 0 Å². The summed E-state index contributed by atoms with van der Waals surface area (Å²) in [5, 5.41) is 8.78. The molecule has 0 unspecified atom stereocenters. The van der Waals surface area contributed by atoms with Gasteiger partial charge in [0.25, 0.3) is 0 Å². The van der Waals surface area contributed by atoms with Gasteiger partial charge in [0, 0.05) is 12.6 Å². The van der Waals surface area contributed by atoms with Crippen LogP contribution in [0, 0.1) is 11.3 Å². The van der Waals surface area contributed by atoms with Gasteiger partial charge in [-0.2, -0.15) is 5.26 Å².